The molecule has 1 heterocycles. The van der Waals surface area contributed by atoms with Crippen molar-refractivity contribution >= 4 is 17.0 Å². The maximum Gasteiger partial charge on any atom is 0.490 e. The van der Waals surface area contributed by atoms with Gasteiger partial charge in [-0.05, 0) is 56.6 Å². The summed E-state index contributed by atoms with van der Waals surface area (Å²) in [7, 11) is 0. The van der Waals surface area contributed by atoms with Crippen molar-refractivity contribution in [2.45, 2.75) is 39.1 Å². The number of ether oxygens (including phenoxy) is 2. The molecule has 7 nitrogen and oxygen atoms in total. The SMILES string of the molecule is CC(C)OCCCNCc1ccc(Oc2ccc3nc[nH]c3c2)cc1.O=C(O)C(F)(F)F. The number of H-pyrrole nitrogens is 1. The zero-order valence-corrected chi connectivity index (χ0v) is 17.8. The van der Waals surface area contributed by atoms with E-state index in [1.54, 1.807) is 6.33 Å². The number of benzene rings is 2. The van der Waals surface area contributed by atoms with Crippen molar-refractivity contribution in [2.75, 3.05) is 13.2 Å². The standard InChI is InChI=1S/C20H25N3O2.C2HF3O2/c1-15(2)24-11-3-10-21-13-16-4-6-17(7-5-16)25-18-8-9-19-20(12-18)23-14-22-19;3-2(4,5)1(6)7/h4-9,12,14-15,21H,3,10-11,13H2,1-2H3,(H,22,23);(H,6,7). The van der Waals surface area contributed by atoms with E-state index in [4.69, 9.17) is 19.4 Å². The van der Waals surface area contributed by atoms with E-state index in [0.717, 1.165) is 48.6 Å². The van der Waals surface area contributed by atoms with Gasteiger partial charge in [-0.15, -0.1) is 0 Å². The number of hydrogen-bond donors (Lipinski definition) is 3. The maximum absolute atomic E-state index is 10.6. The minimum Gasteiger partial charge on any atom is -0.475 e. The molecule has 0 aliphatic heterocycles. The number of carboxylic acids is 1. The molecule has 174 valence electrons. The molecule has 0 atom stereocenters. The summed E-state index contributed by atoms with van der Waals surface area (Å²) in [5, 5.41) is 10.6. The van der Waals surface area contributed by atoms with Crippen molar-refractivity contribution in [3.05, 3.63) is 54.4 Å². The summed E-state index contributed by atoms with van der Waals surface area (Å²) in [6.45, 7) is 6.73. The lowest BCUT2D eigenvalue weighted by Gasteiger charge is -2.09. The van der Waals surface area contributed by atoms with Crippen molar-refractivity contribution in [1.82, 2.24) is 15.3 Å². The molecular formula is C22H26F3N3O4. The monoisotopic (exact) mass is 453 g/mol. The molecule has 0 saturated carbocycles. The number of nitrogens with zero attached hydrogens (tertiary/aromatic N) is 1. The molecular weight excluding hydrogens is 427 g/mol. The average Bonchev–Trinajstić information content (AvgIpc) is 3.19. The average molecular weight is 453 g/mol. The van der Waals surface area contributed by atoms with Gasteiger partial charge in [0.2, 0.25) is 0 Å². The second-order valence-corrected chi connectivity index (χ2v) is 7.08. The van der Waals surface area contributed by atoms with Crippen molar-refractivity contribution in [1.29, 1.82) is 0 Å². The molecule has 0 aliphatic rings. The Kier molecular flexibility index (Phi) is 9.48. The van der Waals surface area contributed by atoms with Gasteiger partial charge in [-0.2, -0.15) is 13.2 Å². The molecule has 1 aromatic heterocycles. The Morgan fingerprint density at radius 2 is 1.81 bits per heavy atom. The number of aromatic nitrogens is 2. The first-order valence-corrected chi connectivity index (χ1v) is 9.97. The number of imidazole rings is 1. The Morgan fingerprint density at radius 1 is 1.16 bits per heavy atom. The topological polar surface area (TPSA) is 96.5 Å². The third-order valence-corrected chi connectivity index (χ3v) is 4.07. The summed E-state index contributed by atoms with van der Waals surface area (Å²) >= 11 is 0. The zero-order valence-electron chi connectivity index (χ0n) is 17.8. The predicted molar refractivity (Wildman–Crippen MR) is 114 cm³/mol. The molecule has 0 amide bonds. The summed E-state index contributed by atoms with van der Waals surface area (Å²) in [5.74, 6) is -1.13. The van der Waals surface area contributed by atoms with E-state index >= 15 is 0 Å². The van der Waals surface area contributed by atoms with E-state index in [2.05, 4.69) is 41.3 Å². The quantitative estimate of drug-likeness (QED) is 0.399. The van der Waals surface area contributed by atoms with Crippen LogP contribution in [0.3, 0.4) is 0 Å². The van der Waals surface area contributed by atoms with Crippen LogP contribution in [0.25, 0.3) is 11.0 Å². The molecule has 0 radical (unpaired) electrons. The first-order chi connectivity index (χ1) is 15.1. The number of rotatable bonds is 9. The number of carbonyl (C=O) groups is 1. The summed E-state index contributed by atoms with van der Waals surface area (Å²) in [4.78, 5) is 16.2. The number of carboxylic acid groups (broad SMARTS) is 1. The van der Waals surface area contributed by atoms with Crippen LogP contribution in [-0.2, 0) is 16.1 Å². The van der Waals surface area contributed by atoms with Gasteiger partial charge in [0.1, 0.15) is 11.5 Å². The van der Waals surface area contributed by atoms with Crippen molar-refractivity contribution < 1.29 is 32.5 Å². The van der Waals surface area contributed by atoms with Crippen molar-refractivity contribution in [3.8, 4) is 11.5 Å². The molecule has 3 rings (SSSR count). The van der Waals surface area contributed by atoms with Gasteiger partial charge in [0.25, 0.3) is 0 Å². The molecule has 0 unspecified atom stereocenters. The highest BCUT2D eigenvalue weighted by Gasteiger charge is 2.38. The second-order valence-electron chi connectivity index (χ2n) is 7.08. The van der Waals surface area contributed by atoms with Gasteiger partial charge in [-0.3, -0.25) is 0 Å². The second kappa shape index (κ2) is 12.1. The van der Waals surface area contributed by atoms with E-state index in [0.29, 0.717) is 6.10 Å². The Bertz CT molecular complexity index is 972. The lowest BCUT2D eigenvalue weighted by molar-refractivity contribution is -0.192. The molecule has 10 heteroatoms. The number of fused-ring (bicyclic) bond motifs is 1. The van der Waals surface area contributed by atoms with Crippen LogP contribution < -0.4 is 10.1 Å². The van der Waals surface area contributed by atoms with Crippen LogP contribution in [0.5, 0.6) is 11.5 Å². The van der Waals surface area contributed by atoms with Gasteiger partial charge in [0, 0.05) is 19.2 Å². The van der Waals surface area contributed by atoms with Crippen LogP contribution in [0, 0.1) is 0 Å². The van der Waals surface area contributed by atoms with Gasteiger partial charge in [0.05, 0.1) is 23.5 Å². The van der Waals surface area contributed by atoms with Crippen molar-refractivity contribution in [3.63, 3.8) is 0 Å². The molecule has 0 saturated heterocycles. The van der Waals surface area contributed by atoms with Crippen molar-refractivity contribution in [2.24, 2.45) is 0 Å². The van der Waals surface area contributed by atoms with Gasteiger partial charge in [-0.1, -0.05) is 12.1 Å². The molecule has 0 spiro atoms. The summed E-state index contributed by atoms with van der Waals surface area (Å²) < 4.78 is 43.2. The molecule has 3 aromatic rings. The Balaban J connectivity index is 0.000000451. The maximum atomic E-state index is 10.6. The van der Waals surface area contributed by atoms with Gasteiger partial charge in [0.15, 0.2) is 0 Å². The minimum atomic E-state index is -5.08. The first kappa shape index (κ1) is 25.2. The number of aliphatic carboxylic acids is 1. The third kappa shape index (κ3) is 8.94. The summed E-state index contributed by atoms with van der Waals surface area (Å²) in [6.07, 6.45) is -2.07. The highest BCUT2D eigenvalue weighted by molar-refractivity contribution is 5.76. The van der Waals surface area contributed by atoms with E-state index < -0.39 is 12.1 Å². The Labute approximate surface area is 183 Å². The minimum absolute atomic E-state index is 0.307. The van der Waals surface area contributed by atoms with E-state index in [9.17, 15) is 13.2 Å². The van der Waals surface area contributed by atoms with E-state index in [-0.39, 0.29) is 0 Å². The molecule has 0 aliphatic carbocycles. The molecule has 0 fully saturated rings. The number of aromatic amines is 1. The normalized spacial score (nSPS) is 11.3. The Hall–Kier alpha value is -3.11. The van der Waals surface area contributed by atoms with Gasteiger partial charge in [-0.25, -0.2) is 9.78 Å². The molecule has 0 bridgehead atoms. The largest absolute Gasteiger partial charge is 0.490 e. The van der Waals surface area contributed by atoms with Gasteiger partial charge >= 0.3 is 12.1 Å². The number of hydrogen-bond acceptors (Lipinski definition) is 5. The first-order valence-electron chi connectivity index (χ1n) is 9.97. The highest BCUT2D eigenvalue weighted by atomic mass is 19.4. The molecule has 2 aromatic carbocycles. The van der Waals surface area contributed by atoms with Gasteiger partial charge < -0.3 is 24.9 Å². The number of halogens is 3. The molecule has 3 N–H and O–H groups in total. The number of alkyl halides is 3. The fraction of sp³-hybridized carbons (Fsp3) is 0.364. The lowest BCUT2D eigenvalue weighted by atomic mass is 10.2. The van der Waals surface area contributed by atoms with Crippen LogP contribution in [0.2, 0.25) is 0 Å². The van der Waals surface area contributed by atoms with Crippen LogP contribution in [0.15, 0.2) is 48.8 Å². The molecule has 32 heavy (non-hydrogen) atoms. The van der Waals surface area contributed by atoms with Crippen LogP contribution in [-0.4, -0.2) is 46.5 Å². The summed E-state index contributed by atoms with van der Waals surface area (Å²) in [5.41, 5.74) is 3.15. The zero-order chi connectivity index (χ0) is 23.6. The van der Waals surface area contributed by atoms with E-state index in [1.165, 1.54) is 5.56 Å². The summed E-state index contributed by atoms with van der Waals surface area (Å²) in [6, 6.07) is 14.0. The lowest BCUT2D eigenvalue weighted by Crippen LogP contribution is -2.21. The smallest absolute Gasteiger partial charge is 0.475 e. The fourth-order valence-electron chi connectivity index (χ4n) is 2.54. The van der Waals surface area contributed by atoms with Crippen LogP contribution in [0.1, 0.15) is 25.8 Å². The number of nitrogens with one attached hydrogen (secondary N) is 2. The highest BCUT2D eigenvalue weighted by Crippen LogP contribution is 2.24. The Morgan fingerprint density at radius 3 is 2.44 bits per heavy atom. The van der Waals surface area contributed by atoms with Crippen LogP contribution >= 0.6 is 0 Å². The predicted octanol–water partition coefficient (Wildman–Crippen LogP) is 4.89. The van der Waals surface area contributed by atoms with Crippen LogP contribution in [0.4, 0.5) is 13.2 Å². The third-order valence-electron chi connectivity index (χ3n) is 4.07. The fourth-order valence-corrected chi connectivity index (χ4v) is 2.54. The van der Waals surface area contributed by atoms with E-state index in [1.807, 2.05) is 30.3 Å².